The Morgan fingerprint density at radius 2 is 0.903 bits per heavy atom. The van der Waals surface area contributed by atoms with Crippen molar-refractivity contribution in [1.29, 1.82) is 0 Å². The summed E-state index contributed by atoms with van der Waals surface area (Å²) in [5, 5.41) is 0. The van der Waals surface area contributed by atoms with E-state index in [1.807, 2.05) is 0 Å². The fraction of sp³-hybridized carbons (Fsp3) is 0.130. The van der Waals surface area contributed by atoms with Gasteiger partial charge < -0.3 is 0 Å². The van der Waals surface area contributed by atoms with Gasteiger partial charge in [0.15, 0.2) is 0 Å². The molecule has 0 atom stereocenters. The molecule has 0 aliphatic carbocycles. The molecule has 0 aromatic heterocycles. The quantitative estimate of drug-likeness (QED) is 0.285. The van der Waals surface area contributed by atoms with Gasteiger partial charge in [-0.2, -0.15) is 35.1 Å². The van der Waals surface area contributed by atoms with Crippen LogP contribution < -0.4 is 0 Å². The largest absolute Gasteiger partial charge is 0.458 e. The molecule has 3 aromatic rings. The molecule has 162 valence electrons. The molecule has 3 rings (SSSR count). The van der Waals surface area contributed by atoms with Crippen molar-refractivity contribution in [3.8, 4) is 0 Å². The molecule has 0 saturated carbocycles. The van der Waals surface area contributed by atoms with Crippen LogP contribution >= 0.6 is 0 Å². The van der Waals surface area contributed by atoms with Gasteiger partial charge in [-0.3, -0.25) is 0 Å². The number of allylic oxidation sites excluding steroid dienone is 1. The van der Waals surface area contributed by atoms with Crippen LogP contribution in [-0.2, 0) is 6.18 Å². The number of alkyl halides is 8. The molecular formula is C23H14F8. The molecule has 0 heterocycles. The first-order valence-corrected chi connectivity index (χ1v) is 8.90. The molecule has 0 radical (unpaired) electrons. The summed E-state index contributed by atoms with van der Waals surface area (Å²) in [4.78, 5) is 0. The third-order valence-corrected chi connectivity index (χ3v) is 4.55. The van der Waals surface area contributed by atoms with E-state index < -0.39 is 40.5 Å². The molecule has 0 N–H and O–H groups in total. The molecular weight excluding hydrogens is 428 g/mol. The van der Waals surface area contributed by atoms with Crippen LogP contribution in [0.2, 0.25) is 0 Å². The average Bonchev–Trinajstić information content (AvgIpc) is 2.71. The number of halogens is 8. The topological polar surface area (TPSA) is 0 Å². The zero-order valence-electron chi connectivity index (χ0n) is 15.6. The molecule has 0 aliphatic rings. The Kier molecular flexibility index (Phi) is 5.93. The standard InChI is InChI=1S/C23H14F8/c24-21(25,23(29,30)31)20(17-9-5-2-6-10-17)19(15-7-3-1-4-8-15)16-11-13-18(14-12-16)22(26,27)28/h1-14H/b20-19+. The third-order valence-electron chi connectivity index (χ3n) is 4.55. The van der Waals surface area contributed by atoms with Crippen LogP contribution in [0.5, 0.6) is 0 Å². The predicted molar refractivity (Wildman–Crippen MR) is 101 cm³/mol. The number of rotatable bonds is 4. The van der Waals surface area contributed by atoms with Crippen LogP contribution in [-0.4, -0.2) is 12.1 Å². The first-order chi connectivity index (χ1) is 14.4. The second-order valence-electron chi connectivity index (χ2n) is 6.63. The van der Waals surface area contributed by atoms with Gasteiger partial charge in [-0.1, -0.05) is 72.8 Å². The minimum Gasteiger partial charge on any atom is -0.191 e. The lowest BCUT2D eigenvalue weighted by Gasteiger charge is -2.27. The Labute approximate surface area is 172 Å². The van der Waals surface area contributed by atoms with Crippen LogP contribution in [0.1, 0.15) is 22.3 Å². The van der Waals surface area contributed by atoms with Crippen molar-refractivity contribution < 1.29 is 35.1 Å². The van der Waals surface area contributed by atoms with Gasteiger partial charge in [-0.15, -0.1) is 0 Å². The number of benzene rings is 3. The monoisotopic (exact) mass is 442 g/mol. The summed E-state index contributed by atoms with van der Waals surface area (Å²) in [5.74, 6) is -5.28. The first-order valence-electron chi connectivity index (χ1n) is 8.90. The lowest BCUT2D eigenvalue weighted by molar-refractivity contribution is -0.253. The fourth-order valence-electron chi connectivity index (χ4n) is 3.12. The second kappa shape index (κ2) is 8.17. The summed E-state index contributed by atoms with van der Waals surface area (Å²) in [6, 6.07) is 16.4. The van der Waals surface area contributed by atoms with E-state index in [0.29, 0.717) is 12.1 Å². The minimum absolute atomic E-state index is 0.00466. The summed E-state index contributed by atoms with van der Waals surface area (Å²) in [7, 11) is 0. The summed E-state index contributed by atoms with van der Waals surface area (Å²) >= 11 is 0. The maximum absolute atomic E-state index is 14.8. The lowest BCUT2D eigenvalue weighted by atomic mass is 9.85. The molecule has 31 heavy (non-hydrogen) atoms. The van der Waals surface area contributed by atoms with E-state index in [9.17, 15) is 35.1 Å². The molecule has 0 amide bonds. The zero-order valence-corrected chi connectivity index (χ0v) is 15.6. The van der Waals surface area contributed by atoms with Gasteiger partial charge in [-0.05, 0) is 34.4 Å². The Bertz CT molecular complexity index is 1040. The molecule has 8 heteroatoms. The maximum Gasteiger partial charge on any atom is 0.458 e. The molecule has 0 nitrogen and oxygen atoms in total. The highest BCUT2D eigenvalue weighted by Gasteiger charge is 2.61. The van der Waals surface area contributed by atoms with Crippen molar-refractivity contribution in [2.24, 2.45) is 0 Å². The van der Waals surface area contributed by atoms with E-state index in [-0.39, 0.29) is 11.1 Å². The SMILES string of the molecule is FC(F)(F)c1ccc(/C(=C(\c2ccccc2)C(F)(F)C(F)(F)F)c2ccccc2)cc1. The molecule has 0 unspecified atom stereocenters. The van der Waals surface area contributed by atoms with Crippen molar-refractivity contribution in [3.63, 3.8) is 0 Å². The smallest absolute Gasteiger partial charge is 0.191 e. The van der Waals surface area contributed by atoms with Crippen molar-refractivity contribution >= 4 is 11.1 Å². The van der Waals surface area contributed by atoms with Crippen molar-refractivity contribution in [1.82, 2.24) is 0 Å². The number of hydrogen-bond acceptors (Lipinski definition) is 0. The highest BCUT2D eigenvalue weighted by molar-refractivity contribution is 6.01. The van der Waals surface area contributed by atoms with Crippen molar-refractivity contribution in [2.45, 2.75) is 18.3 Å². The van der Waals surface area contributed by atoms with Crippen molar-refractivity contribution in [3.05, 3.63) is 107 Å². The molecule has 0 fully saturated rings. The van der Waals surface area contributed by atoms with Crippen LogP contribution in [0, 0.1) is 0 Å². The van der Waals surface area contributed by atoms with Crippen LogP contribution in [0.25, 0.3) is 11.1 Å². The summed E-state index contributed by atoms with van der Waals surface area (Å²) in [6.07, 6.45) is -10.6. The van der Waals surface area contributed by atoms with Gasteiger partial charge in [0.2, 0.25) is 0 Å². The average molecular weight is 442 g/mol. The summed E-state index contributed by atoms with van der Waals surface area (Å²) in [6.45, 7) is 0. The van der Waals surface area contributed by atoms with Gasteiger partial charge >= 0.3 is 18.3 Å². The Morgan fingerprint density at radius 1 is 0.484 bits per heavy atom. The van der Waals surface area contributed by atoms with Crippen LogP contribution in [0.15, 0.2) is 84.9 Å². The maximum atomic E-state index is 14.8. The highest BCUT2D eigenvalue weighted by atomic mass is 19.4. The van der Waals surface area contributed by atoms with Gasteiger partial charge in [-0.25, -0.2) is 0 Å². The molecule has 0 aliphatic heterocycles. The van der Waals surface area contributed by atoms with E-state index in [4.69, 9.17) is 0 Å². The van der Waals surface area contributed by atoms with Crippen LogP contribution in [0.3, 0.4) is 0 Å². The molecule has 0 spiro atoms. The summed E-state index contributed by atoms with van der Waals surface area (Å²) in [5.41, 5.74) is -3.50. The molecule has 0 saturated heterocycles. The van der Waals surface area contributed by atoms with Gasteiger partial charge in [0, 0.05) is 5.57 Å². The first kappa shape index (κ1) is 22.5. The highest BCUT2D eigenvalue weighted by Crippen LogP contribution is 2.49. The Hall–Kier alpha value is -3.16. The van der Waals surface area contributed by atoms with E-state index in [0.717, 1.165) is 24.3 Å². The Morgan fingerprint density at radius 3 is 1.32 bits per heavy atom. The van der Waals surface area contributed by atoms with Crippen LogP contribution in [0.4, 0.5) is 35.1 Å². The fourth-order valence-corrected chi connectivity index (χ4v) is 3.12. The third kappa shape index (κ3) is 4.62. The van der Waals surface area contributed by atoms with Gasteiger partial charge in [0.1, 0.15) is 0 Å². The van der Waals surface area contributed by atoms with Crippen molar-refractivity contribution in [2.75, 3.05) is 0 Å². The second-order valence-corrected chi connectivity index (χ2v) is 6.63. The predicted octanol–water partition coefficient (Wildman–Crippen LogP) is 7.86. The number of hydrogen-bond donors (Lipinski definition) is 0. The lowest BCUT2D eigenvalue weighted by Crippen LogP contribution is -2.38. The summed E-state index contributed by atoms with van der Waals surface area (Å²) < 4.78 is 109. The zero-order chi connectivity index (χ0) is 22.9. The van der Waals surface area contributed by atoms with E-state index >= 15 is 0 Å². The normalized spacial score (nSPS) is 13.7. The van der Waals surface area contributed by atoms with E-state index in [1.54, 1.807) is 0 Å². The minimum atomic E-state index is -5.93. The molecule has 0 bridgehead atoms. The van der Waals surface area contributed by atoms with Gasteiger partial charge in [0.25, 0.3) is 0 Å². The Balaban J connectivity index is 2.40. The molecule has 3 aromatic carbocycles. The van der Waals surface area contributed by atoms with E-state index in [1.165, 1.54) is 48.5 Å². The van der Waals surface area contributed by atoms with Gasteiger partial charge in [0.05, 0.1) is 5.56 Å². The van der Waals surface area contributed by atoms with E-state index in [2.05, 4.69) is 0 Å².